The number of benzene rings is 1. The van der Waals surface area contributed by atoms with E-state index in [0.717, 1.165) is 30.9 Å². The molecule has 1 heterocycles. The summed E-state index contributed by atoms with van der Waals surface area (Å²) in [6.07, 6.45) is 3.90. The van der Waals surface area contributed by atoms with Crippen LogP contribution in [0.2, 0.25) is 0 Å². The molecular weight excluding hydrogens is 250 g/mol. The van der Waals surface area contributed by atoms with Crippen LogP contribution in [0.15, 0.2) is 30.6 Å². The first-order valence-corrected chi connectivity index (χ1v) is 7.18. The van der Waals surface area contributed by atoms with E-state index in [1.165, 1.54) is 11.1 Å². The number of aromatic nitrogens is 2. The normalized spacial score (nSPS) is 10.8. The molecule has 0 fully saturated rings. The zero-order chi connectivity index (χ0) is 14.4. The zero-order valence-electron chi connectivity index (χ0n) is 12.5. The van der Waals surface area contributed by atoms with Crippen molar-refractivity contribution in [2.24, 2.45) is 0 Å². The van der Waals surface area contributed by atoms with Gasteiger partial charge in [0.2, 0.25) is 0 Å². The summed E-state index contributed by atoms with van der Waals surface area (Å²) in [4.78, 5) is 0. The lowest BCUT2D eigenvalue weighted by Crippen LogP contribution is -2.13. The fraction of sp³-hybridized carbons (Fsp3) is 0.438. The summed E-state index contributed by atoms with van der Waals surface area (Å²) in [6, 6.07) is 6.27. The number of hydrogen-bond acceptors (Lipinski definition) is 3. The number of para-hydroxylation sites is 1. The lowest BCUT2D eigenvalue weighted by molar-refractivity contribution is 0.300. The molecule has 0 bridgehead atoms. The Kier molecular flexibility index (Phi) is 5.18. The Balaban J connectivity index is 2.07. The molecule has 0 saturated heterocycles. The number of nitrogens with zero attached hydrogens (tertiary/aromatic N) is 2. The highest BCUT2D eigenvalue weighted by atomic mass is 16.5. The summed E-state index contributed by atoms with van der Waals surface area (Å²) < 4.78 is 7.93. The molecule has 1 aromatic heterocycles. The lowest BCUT2D eigenvalue weighted by atomic mass is 10.1. The predicted octanol–water partition coefficient (Wildman–Crippen LogP) is 2.90. The minimum Gasteiger partial charge on any atom is -0.488 e. The summed E-state index contributed by atoms with van der Waals surface area (Å²) in [6.45, 7) is 9.50. The number of rotatable bonds is 7. The summed E-state index contributed by atoms with van der Waals surface area (Å²) >= 11 is 0. The molecule has 1 N–H and O–H groups in total. The van der Waals surface area contributed by atoms with Gasteiger partial charge in [0.15, 0.2) is 0 Å². The molecule has 0 spiro atoms. The fourth-order valence-corrected chi connectivity index (χ4v) is 2.13. The van der Waals surface area contributed by atoms with Gasteiger partial charge in [0.25, 0.3) is 0 Å². The molecule has 0 atom stereocenters. The van der Waals surface area contributed by atoms with E-state index in [1.807, 2.05) is 17.1 Å². The Morgan fingerprint density at radius 3 is 2.85 bits per heavy atom. The van der Waals surface area contributed by atoms with Crippen LogP contribution in [0.3, 0.4) is 0 Å². The maximum absolute atomic E-state index is 6.02. The van der Waals surface area contributed by atoms with Crippen molar-refractivity contribution in [3.63, 3.8) is 0 Å². The molecule has 0 amide bonds. The van der Waals surface area contributed by atoms with Crippen molar-refractivity contribution in [1.29, 1.82) is 0 Å². The first-order chi connectivity index (χ1) is 9.74. The zero-order valence-corrected chi connectivity index (χ0v) is 12.5. The number of ether oxygens (including phenoxy) is 1. The van der Waals surface area contributed by atoms with Crippen molar-refractivity contribution in [2.45, 2.75) is 40.5 Å². The average Bonchev–Trinajstić information content (AvgIpc) is 2.92. The maximum atomic E-state index is 6.02. The van der Waals surface area contributed by atoms with E-state index in [1.54, 1.807) is 0 Å². The Morgan fingerprint density at radius 2 is 2.15 bits per heavy atom. The highest BCUT2D eigenvalue weighted by Crippen LogP contribution is 2.24. The second kappa shape index (κ2) is 7.10. The van der Waals surface area contributed by atoms with Gasteiger partial charge in [-0.2, -0.15) is 5.10 Å². The van der Waals surface area contributed by atoms with E-state index in [0.29, 0.717) is 6.61 Å². The standard InChI is InChI=1S/C16H23N3O/c1-4-17-10-15-8-6-7-13(3)16(15)20-12-14-9-18-19(5-2)11-14/h6-9,11,17H,4-5,10,12H2,1-3H3. The summed E-state index contributed by atoms with van der Waals surface area (Å²) in [5.74, 6) is 0.984. The molecule has 108 valence electrons. The van der Waals surface area contributed by atoms with Crippen LogP contribution in [0.4, 0.5) is 0 Å². The molecule has 0 aliphatic heterocycles. The van der Waals surface area contributed by atoms with E-state index < -0.39 is 0 Å². The minimum absolute atomic E-state index is 0.560. The SMILES string of the molecule is CCNCc1cccc(C)c1OCc1cnn(CC)c1. The van der Waals surface area contributed by atoms with Crippen LogP contribution in [-0.2, 0) is 19.7 Å². The number of hydrogen-bond donors (Lipinski definition) is 1. The molecule has 2 rings (SSSR count). The van der Waals surface area contributed by atoms with Crippen LogP contribution < -0.4 is 10.1 Å². The van der Waals surface area contributed by atoms with Crippen molar-refractivity contribution in [1.82, 2.24) is 15.1 Å². The summed E-state index contributed by atoms with van der Waals surface area (Å²) in [7, 11) is 0. The van der Waals surface area contributed by atoms with Crippen molar-refractivity contribution in [3.05, 3.63) is 47.3 Å². The van der Waals surface area contributed by atoms with Crippen LogP contribution in [0.25, 0.3) is 0 Å². The van der Waals surface area contributed by atoms with Gasteiger partial charge in [-0.15, -0.1) is 0 Å². The molecule has 0 unspecified atom stereocenters. The van der Waals surface area contributed by atoms with E-state index >= 15 is 0 Å². The Labute approximate surface area is 120 Å². The van der Waals surface area contributed by atoms with Gasteiger partial charge in [-0.05, 0) is 26.0 Å². The summed E-state index contributed by atoms with van der Waals surface area (Å²) in [5.41, 5.74) is 3.47. The van der Waals surface area contributed by atoms with Gasteiger partial charge in [0.05, 0.1) is 6.20 Å². The van der Waals surface area contributed by atoms with Gasteiger partial charge >= 0.3 is 0 Å². The third-order valence-electron chi connectivity index (χ3n) is 3.25. The van der Waals surface area contributed by atoms with Crippen molar-refractivity contribution >= 4 is 0 Å². The molecule has 0 aliphatic rings. The highest BCUT2D eigenvalue weighted by molar-refractivity contribution is 5.40. The molecule has 20 heavy (non-hydrogen) atoms. The topological polar surface area (TPSA) is 39.1 Å². The third-order valence-corrected chi connectivity index (χ3v) is 3.25. The second-order valence-corrected chi connectivity index (χ2v) is 4.84. The van der Waals surface area contributed by atoms with Gasteiger partial charge in [-0.1, -0.05) is 25.1 Å². The van der Waals surface area contributed by atoms with Crippen molar-refractivity contribution < 1.29 is 4.74 Å². The fourth-order valence-electron chi connectivity index (χ4n) is 2.13. The molecule has 4 nitrogen and oxygen atoms in total. The first kappa shape index (κ1) is 14.6. The van der Waals surface area contributed by atoms with Crippen LogP contribution in [0, 0.1) is 6.92 Å². The molecule has 2 aromatic rings. The first-order valence-electron chi connectivity index (χ1n) is 7.18. The van der Waals surface area contributed by atoms with E-state index in [2.05, 4.69) is 49.4 Å². The van der Waals surface area contributed by atoms with Crippen molar-refractivity contribution in [2.75, 3.05) is 6.54 Å². The van der Waals surface area contributed by atoms with Gasteiger partial charge in [0.1, 0.15) is 12.4 Å². The van der Waals surface area contributed by atoms with Gasteiger partial charge in [-0.25, -0.2) is 0 Å². The van der Waals surface area contributed by atoms with E-state index in [4.69, 9.17) is 4.74 Å². The Bertz CT molecular complexity index is 548. The molecule has 0 aliphatic carbocycles. The smallest absolute Gasteiger partial charge is 0.127 e. The van der Waals surface area contributed by atoms with Gasteiger partial charge in [-0.3, -0.25) is 4.68 Å². The number of nitrogens with one attached hydrogen (secondary N) is 1. The van der Waals surface area contributed by atoms with Crippen LogP contribution in [-0.4, -0.2) is 16.3 Å². The molecule has 0 radical (unpaired) electrons. The predicted molar refractivity (Wildman–Crippen MR) is 80.8 cm³/mol. The van der Waals surface area contributed by atoms with Gasteiger partial charge in [0, 0.05) is 30.4 Å². The second-order valence-electron chi connectivity index (χ2n) is 4.84. The Hall–Kier alpha value is -1.81. The van der Waals surface area contributed by atoms with E-state index in [-0.39, 0.29) is 0 Å². The lowest BCUT2D eigenvalue weighted by Gasteiger charge is -2.14. The maximum Gasteiger partial charge on any atom is 0.127 e. The Morgan fingerprint density at radius 1 is 1.30 bits per heavy atom. The molecule has 0 saturated carbocycles. The molecular formula is C16H23N3O. The monoisotopic (exact) mass is 273 g/mol. The summed E-state index contributed by atoms with van der Waals surface area (Å²) in [5, 5.41) is 7.61. The quantitative estimate of drug-likeness (QED) is 0.843. The van der Waals surface area contributed by atoms with Gasteiger partial charge < -0.3 is 10.1 Å². The molecule has 4 heteroatoms. The average molecular weight is 273 g/mol. The van der Waals surface area contributed by atoms with Crippen molar-refractivity contribution in [3.8, 4) is 5.75 Å². The van der Waals surface area contributed by atoms with Crippen LogP contribution >= 0.6 is 0 Å². The van der Waals surface area contributed by atoms with Crippen LogP contribution in [0.1, 0.15) is 30.5 Å². The minimum atomic E-state index is 0.560. The van der Waals surface area contributed by atoms with E-state index in [9.17, 15) is 0 Å². The molecule has 1 aromatic carbocycles. The number of aryl methyl sites for hydroxylation is 2. The van der Waals surface area contributed by atoms with Crippen LogP contribution in [0.5, 0.6) is 5.75 Å². The third kappa shape index (κ3) is 3.61. The highest BCUT2D eigenvalue weighted by Gasteiger charge is 2.07. The largest absolute Gasteiger partial charge is 0.488 e.